The van der Waals surface area contributed by atoms with Gasteiger partial charge >= 0.3 is 6.18 Å². The molecule has 0 bridgehead atoms. The van der Waals surface area contributed by atoms with Crippen LogP contribution < -0.4 is 0 Å². The lowest BCUT2D eigenvalue weighted by Gasteiger charge is -2.12. The summed E-state index contributed by atoms with van der Waals surface area (Å²) >= 11 is 0. The standard InChI is InChI=1S/C13H8F3O/c14-13(15,16)12-6-5-9(7-8-17)10-3-1-2-4-11(10)12/h1-6H,7H2. The van der Waals surface area contributed by atoms with Crippen molar-refractivity contribution in [2.24, 2.45) is 0 Å². The normalized spacial score (nSPS) is 11.7. The third-order valence-corrected chi connectivity index (χ3v) is 2.58. The van der Waals surface area contributed by atoms with E-state index in [0.29, 0.717) is 10.9 Å². The molecule has 0 aliphatic carbocycles. The molecule has 0 N–H and O–H groups in total. The summed E-state index contributed by atoms with van der Waals surface area (Å²) in [5.74, 6) is 0. The van der Waals surface area contributed by atoms with Crippen molar-refractivity contribution in [3.63, 3.8) is 0 Å². The fraction of sp³-hybridized carbons (Fsp3) is 0.154. The first-order valence-electron chi connectivity index (χ1n) is 4.97. The second kappa shape index (κ2) is 4.20. The topological polar surface area (TPSA) is 17.1 Å². The Kier molecular flexibility index (Phi) is 2.88. The van der Waals surface area contributed by atoms with E-state index >= 15 is 0 Å². The third kappa shape index (κ3) is 2.16. The van der Waals surface area contributed by atoms with Crippen LogP contribution in [0.4, 0.5) is 13.2 Å². The van der Waals surface area contributed by atoms with Crippen LogP contribution in [0, 0.1) is 0 Å². The molecule has 2 aromatic rings. The van der Waals surface area contributed by atoms with Crippen LogP contribution in [0.3, 0.4) is 0 Å². The molecule has 4 heteroatoms. The predicted octanol–water partition coefficient (Wildman–Crippen LogP) is 3.51. The van der Waals surface area contributed by atoms with Gasteiger partial charge in [0.1, 0.15) is 0 Å². The zero-order chi connectivity index (χ0) is 12.5. The van der Waals surface area contributed by atoms with E-state index in [-0.39, 0.29) is 11.8 Å². The van der Waals surface area contributed by atoms with Gasteiger partial charge in [0.05, 0.1) is 5.56 Å². The van der Waals surface area contributed by atoms with Crippen LogP contribution in [0.5, 0.6) is 0 Å². The highest BCUT2D eigenvalue weighted by molar-refractivity contribution is 5.90. The predicted molar refractivity (Wildman–Crippen MR) is 58.3 cm³/mol. The number of hydrogen-bond donors (Lipinski definition) is 0. The molecule has 0 aliphatic rings. The first kappa shape index (κ1) is 11.6. The van der Waals surface area contributed by atoms with Crippen molar-refractivity contribution in [2.75, 3.05) is 0 Å². The molecule has 2 rings (SSSR count). The second-order valence-electron chi connectivity index (χ2n) is 3.64. The van der Waals surface area contributed by atoms with Gasteiger partial charge in [-0.25, -0.2) is 0 Å². The first-order valence-corrected chi connectivity index (χ1v) is 4.97. The van der Waals surface area contributed by atoms with Crippen LogP contribution in [-0.2, 0) is 17.4 Å². The van der Waals surface area contributed by atoms with Crippen molar-refractivity contribution in [2.45, 2.75) is 12.6 Å². The summed E-state index contributed by atoms with van der Waals surface area (Å²) in [6.07, 6.45) is -2.68. The van der Waals surface area contributed by atoms with E-state index in [1.54, 1.807) is 24.5 Å². The fourth-order valence-corrected chi connectivity index (χ4v) is 1.84. The van der Waals surface area contributed by atoms with E-state index in [1.807, 2.05) is 0 Å². The van der Waals surface area contributed by atoms with Crippen LogP contribution in [0.25, 0.3) is 10.8 Å². The Labute approximate surface area is 95.9 Å². The summed E-state index contributed by atoms with van der Waals surface area (Å²) in [4.78, 5) is 10.4. The highest BCUT2D eigenvalue weighted by Crippen LogP contribution is 2.35. The molecule has 0 heterocycles. The van der Waals surface area contributed by atoms with Crippen molar-refractivity contribution >= 4 is 17.1 Å². The van der Waals surface area contributed by atoms with Crippen LogP contribution in [0.1, 0.15) is 11.1 Å². The zero-order valence-corrected chi connectivity index (χ0v) is 8.71. The van der Waals surface area contributed by atoms with Crippen molar-refractivity contribution in [1.82, 2.24) is 0 Å². The minimum absolute atomic E-state index is 0.00134. The van der Waals surface area contributed by atoms with E-state index in [9.17, 15) is 18.0 Å². The molecule has 1 nitrogen and oxygen atoms in total. The van der Waals surface area contributed by atoms with E-state index in [4.69, 9.17) is 0 Å². The molecular formula is C13H8F3O. The fourth-order valence-electron chi connectivity index (χ4n) is 1.84. The Morgan fingerprint density at radius 2 is 1.65 bits per heavy atom. The maximum absolute atomic E-state index is 12.8. The number of hydrogen-bond acceptors (Lipinski definition) is 1. The monoisotopic (exact) mass is 237 g/mol. The highest BCUT2D eigenvalue weighted by Gasteiger charge is 2.32. The number of benzene rings is 2. The summed E-state index contributed by atoms with van der Waals surface area (Å²) in [5, 5.41) is 0.568. The lowest BCUT2D eigenvalue weighted by molar-refractivity contribution is -0.136. The number of alkyl halides is 3. The Hall–Kier alpha value is -1.84. The molecule has 0 aromatic heterocycles. The van der Waals surface area contributed by atoms with Crippen LogP contribution in [0.2, 0.25) is 0 Å². The van der Waals surface area contributed by atoms with Crippen molar-refractivity contribution in [1.29, 1.82) is 0 Å². The van der Waals surface area contributed by atoms with Gasteiger partial charge in [-0.05, 0) is 22.4 Å². The summed E-state index contributed by atoms with van der Waals surface area (Å²) in [6.45, 7) is 0. The minimum atomic E-state index is -4.39. The number of halogens is 3. The van der Waals surface area contributed by atoms with Gasteiger partial charge in [0.15, 0.2) is 0 Å². The molecule has 0 unspecified atom stereocenters. The van der Waals surface area contributed by atoms with Gasteiger partial charge in [-0.15, -0.1) is 0 Å². The van der Waals surface area contributed by atoms with Gasteiger partial charge in [0, 0.05) is 6.42 Å². The van der Waals surface area contributed by atoms with Crippen molar-refractivity contribution < 1.29 is 18.0 Å². The number of rotatable bonds is 2. The Balaban J connectivity index is 2.75. The zero-order valence-electron chi connectivity index (χ0n) is 8.71. The molecule has 0 fully saturated rings. The summed E-state index contributed by atoms with van der Waals surface area (Å²) in [5.41, 5.74) is -0.119. The number of carbonyl (C=O) groups excluding carboxylic acids is 1. The van der Waals surface area contributed by atoms with Crippen LogP contribution >= 0.6 is 0 Å². The van der Waals surface area contributed by atoms with Gasteiger partial charge in [0.25, 0.3) is 0 Å². The van der Waals surface area contributed by atoms with E-state index in [1.165, 1.54) is 12.1 Å². The molecule has 0 atom stereocenters. The lowest BCUT2D eigenvalue weighted by atomic mass is 9.98. The first-order chi connectivity index (χ1) is 8.04. The summed E-state index contributed by atoms with van der Waals surface area (Å²) < 4.78 is 38.3. The van der Waals surface area contributed by atoms with Gasteiger partial charge in [0.2, 0.25) is 6.29 Å². The summed E-state index contributed by atoms with van der Waals surface area (Å²) in [6, 6.07) is 8.53. The smallest absolute Gasteiger partial charge is 0.291 e. The Morgan fingerprint density at radius 3 is 2.24 bits per heavy atom. The molecule has 0 aliphatic heterocycles. The van der Waals surface area contributed by atoms with Gasteiger partial charge < -0.3 is 0 Å². The Morgan fingerprint density at radius 1 is 1.00 bits per heavy atom. The minimum Gasteiger partial charge on any atom is -0.291 e. The molecule has 17 heavy (non-hydrogen) atoms. The molecular weight excluding hydrogens is 229 g/mol. The second-order valence-corrected chi connectivity index (χ2v) is 3.64. The van der Waals surface area contributed by atoms with Crippen LogP contribution in [-0.4, -0.2) is 6.29 Å². The Bertz CT molecular complexity index is 558. The van der Waals surface area contributed by atoms with Gasteiger partial charge in [-0.3, -0.25) is 4.79 Å². The highest BCUT2D eigenvalue weighted by atomic mass is 19.4. The van der Waals surface area contributed by atoms with Crippen LogP contribution in [0.15, 0.2) is 36.4 Å². The SMILES string of the molecule is O=[C]Cc1ccc(C(F)(F)F)c2ccccc12. The molecule has 0 saturated heterocycles. The summed E-state index contributed by atoms with van der Waals surface area (Å²) in [7, 11) is 0. The average Bonchev–Trinajstić information content (AvgIpc) is 2.28. The molecule has 1 radical (unpaired) electrons. The van der Waals surface area contributed by atoms with Gasteiger partial charge in [-0.2, -0.15) is 13.2 Å². The maximum atomic E-state index is 12.8. The maximum Gasteiger partial charge on any atom is 0.417 e. The largest absolute Gasteiger partial charge is 0.417 e. The molecule has 0 saturated carbocycles. The average molecular weight is 237 g/mol. The van der Waals surface area contributed by atoms with E-state index in [2.05, 4.69) is 0 Å². The quantitative estimate of drug-likeness (QED) is 0.781. The molecule has 2 aromatic carbocycles. The van der Waals surface area contributed by atoms with Crippen molar-refractivity contribution in [3.05, 3.63) is 47.5 Å². The van der Waals surface area contributed by atoms with Crippen molar-refractivity contribution in [3.8, 4) is 0 Å². The van der Waals surface area contributed by atoms with Gasteiger partial charge in [-0.1, -0.05) is 30.3 Å². The third-order valence-electron chi connectivity index (χ3n) is 2.58. The number of fused-ring (bicyclic) bond motifs is 1. The molecule has 0 amide bonds. The molecule has 0 spiro atoms. The van der Waals surface area contributed by atoms with E-state index < -0.39 is 11.7 Å². The van der Waals surface area contributed by atoms with E-state index in [0.717, 1.165) is 6.07 Å². The molecule has 87 valence electrons. The lowest BCUT2D eigenvalue weighted by Crippen LogP contribution is -2.06.